The lowest BCUT2D eigenvalue weighted by Crippen LogP contribution is -2.43. The number of carbonyl (C=O) groups excluding carboxylic acids is 1. The van der Waals surface area contributed by atoms with Gasteiger partial charge in [0, 0.05) is 11.6 Å². The molecule has 6 heteroatoms. The molecule has 3 unspecified atom stereocenters. The maximum atomic E-state index is 13.6. The Kier molecular flexibility index (Phi) is 4.67. The third-order valence-corrected chi connectivity index (χ3v) is 3.57. The average molecular weight is 284 g/mol. The molecule has 0 bridgehead atoms. The minimum absolute atomic E-state index is 0.0560. The molecule has 4 nitrogen and oxygen atoms in total. The van der Waals surface area contributed by atoms with Crippen LogP contribution < -0.4 is 10.6 Å². The Morgan fingerprint density at radius 2 is 2.15 bits per heavy atom. The maximum Gasteiger partial charge on any atom is 0.227 e. The van der Waals surface area contributed by atoms with Crippen molar-refractivity contribution in [1.82, 2.24) is 10.6 Å². The third kappa shape index (κ3) is 3.13. The van der Waals surface area contributed by atoms with E-state index in [-0.39, 0.29) is 23.4 Å². The standard InChI is InChI=1S/C14H18F2N2O2/c1-8(10-5-9(15)3-4-12(10)16)18-14(19)11-6-20-7-13(11)17-2/h3-5,8,11,13,17H,6-7H2,1-2H3,(H,18,19). The summed E-state index contributed by atoms with van der Waals surface area (Å²) < 4.78 is 32.0. The first-order valence-corrected chi connectivity index (χ1v) is 6.53. The summed E-state index contributed by atoms with van der Waals surface area (Å²) in [6.45, 7) is 2.42. The molecule has 2 N–H and O–H groups in total. The zero-order valence-corrected chi connectivity index (χ0v) is 11.5. The molecular weight excluding hydrogens is 266 g/mol. The number of rotatable bonds is 4. The molecule has 1 heterocycles. The molecular formula is C14H18F2N2O2. The molecule has 1 amide bonds. The predicted molar refractivity (Wildman–Crippen MR) is 70.1 cm³/mol. The highest BCUT2D eigenvalue weighted by Gasteiger charge is 2.33. The van der Waals surface area contributed by atoms with Crippen molar-refractivity contribution in [2.45, 2.75) is 19.0 Å². The number of hydrogen-bond donors (Lipinski definition) is 2. The minimum atomic E-state index is -0.601. The van der Waals surface area contributed by atoms with Crippen LogP contribution in [0.5, 0.6) is 0 Å². The summed E-state index contributed by atoms with van der Waals surface area (Å²) in [5.74, 6) is -1.61. The second kappa shape index (κ2) is 6.28. The zero-order valence-electron chi connectivity index (χ0n) is 11.5. The summed E-state index contributed by atoms with van der Waals surface area (Å²) in [6.07, 6.45) is 0. The summed E-state index contributed by atoms with van der Waals surface area (Å²) in [5.41, 5.74) is 0.137. The highest BCUT2D eigenvalue weighted by Crippen LogP contribution is 2.20. The molecule has 1 aromatic rings. The number of carbonyl (C=O) groups is 1. The Balaban J connectivity index is 2.05. The molecule has 0 radical (unpaired) electrons. The van der Waals surface area contributed by atoms with Crippen molar-refractivity contribution in [3.05, 3.63) is 35.4 Å². The van der Waals surface area contributed by atoms with Crippen LogP contribution >= 0.6 is 0 Å². The fraction of sp³-hybridized carbons (Fsp3) is 0.500. The summed E-state index contributed by atoms with van der Waals surface area (Å²) in [5, 5.41) is 5.71. The van der Waals surface area contributed by atoms with Crippen LogP contribution in [-0.4, -0.2) is 32.2 Å². The monoisotopic (exact) mass is 284 g/mol. The minimum Gasteiger partial charge on any atom is -0.379 e. The topological polar surface area (TPSA) is 50.4 Å². The van der Waals surface area contributed by atoms with Gasteiger partial charge in [-0.15, -0.1) is 0 Å². The summed E-state index contributed by atoms with van der Waals surface area (Å²) >= 11 is 0. The van der Waals surface area contributed by atoms with E-state index in [9.17, 15) is 13.6 Å². The highest BCUT2D eigenvalue weighted by atomic mass is 19.1. The van der Waals surface area contributed by atoms with Crippen molar-refractivity contribution in [1.29, 1.82) is 0 Å². The number of ether oxygens (including phenoxy) is 1. The Hall–Kier alpha value is -1.53. The molecule has 3 atom stereocenters. The molecule has 1 fully saturated rings. The van der Waals surface area contributed by atoms with Crippen molar-refractivity contribution in [3.8, 4) is 0 Å². The Morgan fingerprint density at radius 1 is 1.40 bits per heavy atom. The van der Waals surface area contributed by atoms with Gasteiger partial charge in [0.1, 0.15) is 11.6 Å². The van der Waals surface area contributed by atoms with Gasteiger partial charge >= 0.3 is 0 Å². The Labute approximate surface area is 116 Å². The van der Waals surface area contributed by atoms with Crippen LogP contribution in [0.4, 0.5) is 8.78 Å². The number of hydrogen-bond acceptors (Lipinski definition) is 3. The first kappa shape index (κ1) is 14.9. The molecule has 0 aromatic heterocycles. The van der Waals surface area contributed by atoms with Gasteiger partial charge in [-0.1, -0.05) is 0 Å². The lowest BCUT2D eigenvalue weighted by atomic mass is 10.0. The molecule has 1 saturated heterocycles. The van der Waals surface area contributed by atoms with Crippen LogP contribution in [0.1, 0.15) is 18.5 Å². The number of halogens is 2. The van der Waals surface area contributed by atoms with E-state index < -0.39 is 17.7 Å². The van der Waals surface area contributed by atoms with E-state index in [1.807, 2.05) is 0 Å². The van der Waals surface area contributed by atoms with Gasteiger partial charge in [0.15, 0.2) is 0 Å². The Bertz CT molecular complexity index is 496. The molecule has 2 rings (SSSR count). The van der Waals surface area contributed by atoms with Gasteiger partial charge in [0.2, 0.25) is 5.91 Å². The number of likely N-dealkylation sites (N-methyl/N-ethyl adjacent to an activating group) is 1. The molecule has 110 valence electrons. The summed E-state index contributed by atoms with van der Waals surface area (Å²) in [6, 6.07) is 2.55. The van der Waals surface area contributed by atoms with Crippen LogP contribution in [0.3, 0.4) is 0 Å². The lowest BCUT2D eigenvalue weighted by Gasteiger charge is -2.20. The smallest absolute Gasteiger partial charge is 0.227 e. The average Bonchev–Trinajstić information content (AvgIpc) is 2.89. The van der Waals surface area contributed by atoms with Crippen molar-refractivity contribution < 1.29 is 18.3 Å². The molecule has 1 aliphatic heterocycles. The quantitative estimate of drug-likeness (QED) is 0.878. The third-order valence-electron chi connectivity index (χ3n) is 3.57. The second-order valence-corrected chi connectivity index (χ2v) is 4.94. The van der Waals surface area contributed by atoms with Crippen LogP contribution in [0.25, 0.3) is 0 Å². The van der Waals surface area contributed by atoms with Crippen LogP contribution in [0.2, 0.25) is 0 Å². The van der Waals surface area contributed by atoms with Gasteiger partial charge in [-0.3, -0.25) is 4.79 Å². The van der Waals surface area contributed by atoms with E-state index in [1.165, 1.54) is 0 Å². The van der Waals surface area contributed by atoms with E-state index in [1.54, 1.807) is 14.0 Å². The zero-order chi connectivity index (χ0) is 14.7. The van der Waals surface area contributed by atoms with E-state index in [0.717, 1.165) is 18.2 Å². The second-order valence-electron chi connectivity index (χ2n) is 4.94. The number of amides is 1. The summed E-state index contributed by atoms with van der Waals surface area (Å²) in [4.78, 5) is 12.1. The molecule has 20 heavy (non-hydrogen) atoms. The fourth-order valence-corrected chi connectivity index (χ4v) is 2.34. The van der Waals surface area contributed by atoms with Gasteiger partial charge in [-0.2, -0.15) is 0 Å². The van der Waals surface area contributed by atoms with Crippen LogP contribution in [-0.2, 0) is 9.53 Å². The normalized spacial score (nSPS) is 23.6. The molecule has 1 aromatic carbocycles. The van der Waals surface area contributed by atoms with Crippen LogP contribution in [0.15, 0.2) is 18.2 Å². The van der Waals surface area contributed by atoms with Crippen molar-refractivity contribution in [2.75, 3.05) is 20.3 Å². The SMILES string of the molecule is CNC1COCC1C(=O)NC(C)c1cc(F)ccc1F. The first-order valence-electron chi connectivity index (χ1n) is 6.53. The van der Waals surface area contributed by atoms with Gasteiger partial charge in [-0.05, 0) is 32.2 Å². The van der Waals surface area contributed by atoms with E-state index in [2.05, 4.69) is 10.6 Å². The lowest BCUT2D eigenvalue weighted by molar-refractivity contribution is -0.126. The van der Waals surface area contributed by atoms with Crippen molar-refractivity contribution in [2.24, 2.45) is 5.92 Å². The molecule has 0 spiro atoms. The first-order chi connectivity index (χ1) is 9.52. The van der Waals surface area contributed by atoms with Gasteiger partial charge < -0.3 is 15.4 Å². The molecule has 1 aliphatic rings. The maximum absolute atomic E-state index is 13.6. The van der Waals surface area contributed by atoms with E-state index >= 15 is 0 Å². The van der Waals surface area contributed by atoms with Gasteiger partial charge in [0.05, 0.1) is 25.2 Å². The fourth-order valence-electron chi connectivity index (χ4n) is 2.34. The Morgan fingerprint density at radius 3 is 2.85 bits per heavy atom. The van der Waals surface area contributed by atoms with Crippen LogP contribution in [0, 0.1) is 17.6 Å². The van der Waals surface area contributed by atoms with Crippen molar-refractivity contribution >= 4 is 5.91 Å². The molecule has 0 aliphatic carbocycles. The van der Waals surface area contributed by atoms with E-state index in [4.69, 9.17) is 4.74 Å². The molecule has 0 saturated carbocycles. The van der Waals surface area contributed by atoms with Crippen molar-refractivity contribution in [3.63, 3.8) is 0 Å². The van der Waals surface area contributed by atoms with Gasteiger partial charge in [-0.25, -0.2) is 8.78 Å². The largest absolute Gasteiger partial charge is 0.379 e. The van der Waals surface area contributed by atoms with E-state index in [0.29, 0.717) is 13.2 Å². The van der Waals surface area contributed by atoms with Gasteiger partial charge in [0.25, 0.3) is 0 Å². The highest BCUT2D eigenvalue weighted by molar-refractivity contribution is 5.80. The summed E-state index contributed by atoms with van der Waals surface area (Å²) in [7, 11) is 1.76. The number of benzene rings is 1. The predicted octanol–water partition coefficient (Wildman–Crippen LogP) is 1.38. The number of nitrogens with one attached hydrogen (secondary N) is 2.